The third-order valence-electron chi connectivity index (χ3n) is 5.61. The number of rotatable bonds is 3. The van der Waals surface area contributed by atoms with E-state index in [0.29, 0.717) is 24.2 Å². The number of hydrogen-bond donors (Lipinski definition) is 1. The maximum Gasteiger partial charge on any atom is 0.254 e. The first-order chi connectivity index (χ1) is 12.0. The van der Waals surface area contributed by atoms with Gasteiger partial charge in [-0.05, 0) is 49.2 Å². The Kier molecular flexibility index (Phi) is 3.84. The molecule has 25 heavy (non-hydrogen) atoms. The summed E-state index contributed by atoms with van der Waals surface area (Å²) < 4.78 is 5.46. The summed E-state index contributed by atoms with van der Waals surface area (Å²) >= 11 is 0. The fourth-order valence-corrected chi connectivity index (χ4v) is 4.35. The van der Waals surface area contributed by atoms with E-state index in [1.165, 1.54) is 0 Å². The smallest absolute Gasteiger partial charge is 0.254 e. The number of nitrogens with zero attached hydrogens (tertiary/aromatic N) is 2. The highest BCUT2D eigenvalue weighted by atomic mass is 16.4. The molecule has 3 heterocycles. The van der Waals surface area contributed by atoms with Gasteiger partial charge in [-0.2, -0.15) is 0 Å². The zero-order valence-corrected chi connectivity index (χ0v) is 14.7. The fourth-order valence-electron chi connectivity index (χ4n) is 4.35. The summed E-state index contributed by atoms with van der Waals surface area (Å²) in [7, 11) is 3.97. The van der Waals surface area contributed by atoms with Crippen LogP contribution in [0.4, 0.5) is 5.69 Å². The number of piperidine rings is 1. The molecule has 2 fully saturated rings. The summed E-state index contributed by atoms with van der Waals surface area (Å²) in [6.45, 7) is 0. The average molecular weight is 340 g/mol. The number of fused-ring (bicyclic) bond motifs is 2. The highest BCUT2D eigenvalue weighted by Crippen LogP contribution is 2.46. The van der Waals surface area contributed by atoms with Crippen molar-refractivity contribution in [2.45, 2.75) is 43.4 Å². The van der Waals surface area contributed by atoms with E-state index in [1.54, 1.807) is 12.3 Å². The summed E-state index contributed by atoms with van der Waals surface area (Å²) in [6.07, 6.45) is 4.56. The number of anilines is 1. The molecule has 0 radical (unpaired) electrons. The highest BCUT2D eigenvalue weighted by molar-refractivity contribution is 5.95. The predicted molar refractivity (Wildman–Crippen MR) is 95.6 cm³/mol. The van der Waals surface area contributed by atoms with E-state index in [0.717, 1.165) is 18.5 Å². The van der Waals surface area contributed by atoms with Crippen molar-refractivity contribution in [2.75, 3.05) is 19.0 Å². The van der Waals surface area contributed by atoms with Gasteiger partial charge >= 0.3 is 0 Å². The molecule has 1 aromatic carbocycles. The number of aliphatic hydroxyl groups is 1. The monoisotopic (exact) mass is 340 g/mol. The number of benzene rings is 1. The maximum absolute atomic E-state index is 13.0. The van der Waals surface area contributed by atoms with Gasteiger partial charge in [0.1, 0.15) is 11.4 Å². The van der Waals surface area contributed by atoms with E-state index >= 15 is 0 Å². The first kappa shape index (κ1) is 16.2. The van der Waals surface area contributed by atoms with Crippen LogP contribution < -0.4 is 4.90 Å². The molecule has 0 saturated carbocycles. The molecule has 2 aliphatic heterocycles. The second-order valence-electron chi connectivity index (χ2n) is 7.46. The maximum atomic E-state index is 13.0. The minimum absolute atomic E-state index is 0.0647. The molecule has 1 aromatic heterocycles. The van der Waals surface area contributed by atoms with Crippen molar-refractivity contribution in [3.05, 3.63) is 54.0 Å². The molecule has 1 amide bonds. The normalized spacial score (nSPS) is 28.2. The second-order valence-corrected chi connectivity index (χ2v) is 7.46. The van der Waals surface area contributed by atoms with Crippen molar-refractivity contribution in [1.82, 2.24) is 4.90 Å². The number of amides is 1. The van der Waals surface area contributed by atoms with Gasteiger partial charge in [0.15, 0.2) is 0 Å². The van der Waals surface area contributed by atoms with Crippen LogP contribution in [-0.4, -0.2) is 42.1 Å². The minimum atomic E-state index is -0.957. The zero-order chi connectivity index (χ0) is 17.6. The van der Waals surface area contributed by atoms with Gasteiger partial charge in [0.05, 0.1) is 6.26 Å². The van der Waals surface area contributed by atoms with E-state index in [9.17, 15) is 9.90 Å². The van der Waals surface area contributed by atoms with Gasteiger partial charge in [-0.3, -0.25) is 4.79 Å². The quantitative estimate of drug-likeness (QED) is 0.933. The summed E-state index contributed by atoms with van der Waals surface area (Å²) in [5.41, 5.74) is 0.831. The Bertz CT molecular complexity index is 738. The van der Waals surface area contributed by atoms with Gasteiger partial charge in [0.25, 0.3) is 5.91 Å². The van der Waals surface area contributed by atoms with Crippen molar-refractivity contribution < 1.29 is 14.3 Å². The first-order valence-corrected chi connectivity index (χ1v) is 8.84. The Morgan fingerprint density at radius 1 is 1.16 bits per heavy atom. The summed E-state index contributed by atoms with van der Waals surface area (Å²) in [5, 5.41) is 11.0. The van der Waals surface area contributed by atoms with E-state index < -0.39 is 5.60 Å². The van der Waals surface area contributed by atoms with Gasteiger partial charge in [0, 0.05) is 50.3 Å². The van der Waals surface area contributed by atoms with Crippen LogP contribution in [0.3, 0.4) is 0 Å². The van der Waals surface area contributed by atoms with E-state index in [4.69, 9.17) is 4.42 Å². The standard InChI is InChI=1S/C20H24N2O3/c1-21(2)15-7-5-14(6-8-15)19(23)22-16-9-10-17(22)13-20(24,12-16)18-4-3-11-25-18/h3-8,11,16-17,24H,9-10,12-13H2,1-2H3/t16-,17-/m0/s1. The lowest BCUT2D eigenvalue weighted by Gasteiger charge is -2.42. The van der Waals surface area contributed by atoms with Crippen LogP contribution in [0.5, 0.6) is 0 Å². The summed E-state index contributed by atoms with van der Waals surface area (Å²) in [6, 6.07) is 11.5. The molecule has 5 heteroatoms. The fraction of sp³-hybridized carbons (Fsp3) is 0.450. The molecule has 0 unspecified atom stereocenters. The minimum Gasteiger partial charge on any atom is -0.466 e. The van der Waals surface area contributed by atoms with Crippen molar-refractivity contribution in [2.24, 2.45) is 0 Å². The molecule has 2 saturated heterocycles. The lowest BCUT2D eigenvalue weighted by molar-refractivity contribution is -0.0615. The molecule has 1 N–H and O–H groups in total. The van der Waals surface area contributed by atoms with E-state index in [1.807, 2.05) is 54.2 Å². The average Bonchev–Trinajstić information content (AvgIpc) is 3.22. The Morgan fingerprint density at radius 2 is 1.80 bits per heavy atom. The largest absolute Gasteiger partial charge is 0.466 e. The zero-order valence-electron chi connectivity index (χ0n) is 14.7. The van der Waals surface area contributed by atoms with Crippen molar-refractivity contribution in [1.29, 1.82) is 0 Å². The molecule has 2 bridgehead atoms. The van der Waals surface area contributed by atoms with Crippen LogP contribution >= 0.6 is 0 Å². The SMILES string of the molecule is CN(C)c1ccc(C(=O)N2[C@H]3CC[C@H]2CC(O)(c2ccco2)C3)cc1. The summed E-state index contributed by atoms with van der Waals surface area (Å²) in [4.78, 5) is 17.1. The van der Waals surface area contributed by atoms with Crippen LogP contribution in [0, 0.1) is 0 Å². The molecule has 2 atom stereocenters. The molecule has 2 aromatic rings. The molecule has 2 aliphatic rings. The Morgan fingerprint density at radius 3 is 2.32 bits per heavy atom. The van der Waals surface area contributed by atoms with Gasteiger partial charge < -0.3 is 19.3 Å². The number of hydrogen-bond acceptors (Lipinski definition) is 4. The van der Waals surface area contributed by atoms with Crippen LogP contribution in [0.25, 0.3) is 0 Å². The first-order valence-electron chi connectivity index (χ1n) is 8.84. The third-order valence-corrected chi connectivity index (χ3v) is 5.61. The number of carbonyl (C=O) groups is 1. The molecule has 0 spiro atoms. The molecule has 5 nitrogen and oxygen atoms in total. The lowest BCUT2D eigenvalue weighted by Crippen LogP contribution is -2.51. The molecule has 0 aliphatic carbocycles. The van der Waals surface area contributed by atoms with Gasteiger partial charge in [0.2, 0.25) is 0 Å². The van der Waals surface area contributed by atoms with Crippen LogP contribution in [0.15, 0.2) is 47.1 Å². The molecule has 4 rings (SSSR count). The van der Waals surface area contributed by atoms with E-state index in [2.05, 4.69) is 0 Å². The van der Waals surface area contributed by atoms with Crippen LogP contribution in [-0.2, 0) is 5.60 Å². The van der Waals surface area contributed by atoms with Crippen LogP contribution in [0.1, 0.15) is 41.8 Å². The summed E-state index contributed by atoms with van der Waals surface area (Å²) in [5.74, 6) is 0.686. The lowest BCUT2D eigenvalue weighted by atomic mass is 9.84. The Labute approximate surface area is 147 Å². The highest BCUT2D eigenvalue weighted by Gasteiger charge is 2.51. The van der Waals surface area contributed by atoms with Gasteiger partial charge in [-0.15, -0.1) is 0 Å². The Hall–Kier alpha value is -2.27. The number of carbonyl (C=O) groups excluding carboxylic acids is 1. The van der Waals surface area contributed by atoms with Crippen molar-refractivity contribution in [3.8, 4) is 0 Å². The second kappa shape index (κ2) is 5.92. The third kappa shape index (κ3) is 2.72. The van der Waals surface area contributed by atoms with Gasteiger partial charge in [-0.1, -0.05) is 0 Å². The number of furan rings is 1. The predicted octanol–water partition coefficient (Wildman–Crippen LogP) is 3.00. The molecular formula is C20H24N2O3. The van der Waals surface area contributed by atoms with Crippen molar-refractivity contribution in [3.63, 3.8) is 0 Å². The van der Waals surface area contributed by atoms with Crippen LogP contribution in [0.2, 0.25) is 0 Å². The Balaban J connectivity index is 1.55. The topological polar surface area (TPSA) is 56.9 Å². The van der Waals surface area contributed by atoms with Gasteiger partial charge in [-0.25, -0.2) is 0 Å². The molecular weight excluding hydrogens is 316 g/mol. The van der Waals surface area contributed by atoms with E-state index in [-0.39, 0.29) is 18.0 Å². The van der Waals surface area contributed by atoms with Crippen molar-refractivity contribution >= 4 is 11.6 Å². The molecule has 132 valence electrons.